The number of hydrogen-bond donors (Lipinski definition) is 1. The monoisotopic (exact) mass is 312 g/mol. The van der Waals surface area contributed by atoms with Gasteiger partial charge in [-0.2, -0.15) is 0 Å². The molecular formula is C14H17BrO3. The van der Waals surface area contributed by atoms with Crippen molar-refractivity contribution in [2.45, 2.75) is 33.1 Å². The number of carboxylic acid groups (broad SMARTS) is 1. The highest BCUT2D eigenvalue weighted by atomic mass is 79.9. The lowest BCUT2D eigenvalue weighted by Crippen LogP contribution is -2.04. The Labute approximate surface area is 115 Å². The normalized spacial score (nSPS) is 21.8. The van der Waals surface area contributed by atoms with Crippen molar-refractivity contribution in [3.8, 4) is 5.75 Å². The molecule has 0 spiro atoms. The first kappa shape index (κ1) is 13.4. The number of carboxylic acids is 1. The summed E-state index contributed by atoms with van der Waals surface area (Å²) in [6.45, 7) is 6.08. The molecule has 0 radical (unpaired) electrons. The average Bonchev–Trinajstić information content (AvgIpc) is 3.10. The van der Waals surface area contributed by atoms with Gasteiger partial charge >= 0.3 is 5.97 Å². The molecule has 0 aromatic heterocycles. The van der Waals surface area contributed by atoms with Gasteiger partial charge in [-0.25, -0.2) is 0 Å². The molecule has 0 amide bonds. The fraction of sp³-hybridized carbons (Fsp3) is 0.500. The van der Waals surface area contributed by atoms with E-state index >= 15 is 0 Å². The van der Waals surface area contributed by atoms with Gasteiger partial charge in [-0.1, -0.05) is 15.9 Å². The molecule has 0 bridgehead atoms. The van der Waals surface area contributed by atoms with Gasteiger partial charge in [-0.15, -0.1) is 0 Å². The summed E-state index contributed by atoms with van der Waals surface area (Å²) in [7, 11) is 1.65. The summed E-state index contributed by atoms with van der Waals surface area (Å²) in [5.74, 6) is -0.0302. The fourth-order valence-corrected chi connectivity index (χ4v) is 3.11. The van der Waals surface area contributed by atoms with Crippen LogP contribution < -0.4 is 4.74 Å². The van der Waals surface area contributed by atoms with Crippen molar-refractivity contribution < 1.29 is 14.6 Å². The van der Waals surface area contributed by atoms with Gasteiger partial charge in [-0.3, -0.25) is 4.79 Å². The summed E-state index contributed by atoms with van der Waals surface area (Å²) in [6, 6.07) is 0. The van der Waals surface area contributed by atoms with Crippen LogP contribution in [0.4, 0.5) is 0 Å². The molecule has 1 aromatic rings. The number of methoxy groups -OCH3 is 1. The van der Waals surface area contributed by atoms with E-state index in [4.69, 9.17) is 9.84 Å². The lowest BCUT2D eigenvalue weighted by atomic mass is 9.95. The van der Waals surface area contributed by atoms with Crippen molar-refractivity contribution in [1.82, 2.24) is 0 Å². The van der Waals surface area contributed by atoms with Crippen LogP contribution in [-0.4, -0.2) is 18.2 Å². The maximum Gasteiger partial charge on any atom is 0.307 e. The highest BCUT2D eigenvalue weighted by Gasteiger charge is 2.46. The van der Waals surface area contributed by atoms with Gasteiger partial charge in [0.1, 0.15) is 5.75 Å². The third kappa shape index (κ3) is 1.92. The minimum atomic E-state index is -0.712. The van der Waals surface area contributed by atoms with Crippen molar-refractivity contribution in [2.24, 2.45) is 5.92 Å². The molecule has 1 saturated carbocycles. The first-order valence-electron chi connectivity index (χ1n) is 5.96. The molecule has 1 N–H and O–H groups in total. The largest absolute Gasteiger partial charge is 0.496 e. The fourth-order valence-electron chi connectivity index (χ4n) is 2.60. The number of rotatable bonds is 3. The zero-order chi connectivity index (χ0) is 13.6. The van der Waals surface area contributed by atoms with E-state index in [2.05, 4.69) is 15.9 Å². The molecule has 0 aliphatic heterocycles. The summed E-state index contributed by atoms with van der Waals surface area (Å²) < 4.78 is 6.57. The van der Waals surface area contributed by atoms with Crippen LogP contribution in [0.3, 0.4) is 0 Å². The van der Waals surface area contributed by atoms with Gasteiger partial charge in [0.25, 0.3) is 0 Å². The molecular weight excluding hydrogens is 296 g/mol. The lowest BCUT2D eigenvalue weighted by molar-refractivity contribution is -0.138. The Morgan fingerprint density at radius 1 is 1.28 bits per heavy atom. The molecule has 2 atom stereocenters. The molecule has 1 fully saturated rings. The predicted molar refractivity (Wildman–Crippen MR) is 73.4 cm³/mol. The second-order valence-corrected chi connectivity index (χ2v) is 5.72. The molecule has 0 saturated heterocycles. The Morgan fingerprint density at radius 3 is 2.33 bits per heavy atom. The minimum absolute atomic E-state index is 0.0908. The Morgan fingerprint density at radius 2 is 1.89 bits per heavy atom. The summed E-state index contributed by atoms with van der Waals surface area (Å²) in [6.07, 6.45) is 0.710. The van der Waals surface area contributed by atoms with Gasteiger partial charge < -0.3 is 9.84 Å². The lowest BCUT2D eigenvalue weighted by Gasteiger charge is -2.18. The topological polar surface area (TPSA) is 46.5 Å². The number of ether oxygens (including phenoxy) is 1. The van der Waals surface area contributed by atoms with E-state index in [1.807, 2.05) is 20.8 Å². The Balaban J connectivity index is 2.57. The van der Waals surface area contributed by atoms with E-state index in [-0.39, 0.29) is 11.8 Å². The maximum absolute atomic E-state index is 11.0. The van der Waals surface area contributed by atoms with E-state index in [1.165, 1.54) is 0 Å². The molecule has 2 unspecified atom stereocenters. The van der Waals surface area contributed by atoms with Crippen LogP contribution in [0, 0.1) is 26.7 Å². The van der Waals surface area contributed by atoms with Crippen molar-refractivity contribution in [1.29, 1.82) is 0 Å². The molecule has 3 nitrogen and oxygen atoms in total. The second kappa shape index (κ2) is 4.57. The van der Waals surface area contributed by atoms with Crippen LogP contribution in [0.15, 0.2) is 4.47 Å². The number of halogens is 1. The average molecular weight is 313 g/mol. The van der Waals surface area contributed by atoms with E-state index in [0.29, 0.717) is 6.42 Å². The zero-order valence-electron chi connectivity index (χ0n) is 11.0. The third-order valence-corrected chi connectivity index (χ3v) is 5.08. The quantitative estimate of drug-likeness (QED) is 0.928. The Bertz CT molecular complexity index is 523. The molecule has 1 aliphatic carbocycles. The highest BCUT2D eigenvalue weighted by molar-refractivity contribution is 9.10. The first-order valence-corrected chi connectivity index (χ1v) is 6.75. The SMILES string of the molecule is COc1c(C)c(C)c(Br)c(C)c1C1CC1C(=O)O. The Kier molecular flexibility index (Phi) is 3.41. The van der Waals surface area contributed by atoms with Crippen LogP contribution >= 0.6 is 15.9 Å². The molecule has 1 aromatic carbocycles. The third-order valence-electron chi connectivity index (χ3n) is 3.89. The van der Waals surface area contributed by atoms with Crippen molar-refractivity contribution in [3.63, 3.8) is 0 Å². The van der Waals surface area contributed by atoms with Crippen molar-refractivity contribution in [2.75, 3.05) is 7.11 Å². The van der Waals surface area contributed by atoms with Gasteiger partial charge in [0.2, 0.25) is 0 Å². The zero-order valence-corrected chi connectivity index (χ0v) is 12.6. The van der Waals surface area contributed by atoms with Crippen LogP contribution in [0.2, 0.25) is 0 Å². The van der Waals surface area contributed by atoms with E-state index in [9.17, 15) is 4.79 Å². The number of aliphatic carboxylic acids is 1. The summed E-state index contributed by atoms with van der Waals surface area (Å²) in [5, 5.41) is 9.08. The van der Waals surface area contributed by atoms with Crippen LogP contribution in [-0.2, 0) is 4.79 Å². The molecule has 2 rings (SSSR count). The van der Waals surface area contributed by atoms with E-state index in [1.54, 1.807) is 7.11 Å². The van der Waals surface area contributed by atoms with Gasteiger partial charge in [-0.05, 0) is 43.9 Å². The molecule has 0 heterocycles. The smallest absolute Gasteiger partial charge is 0.307 e. The summed E-state index contributed by atoms with van der Waals surface area (Å²) in [5.41, 5.74) is 4.39. The molecule has 4 heteroatoms. The summed E-state index contributed by atoms with van der Waals surface area (Å²) in [4.78, 5) is 11.0. The van der Waals surface area contributed by atoms with Gasteiger partial charge in [0.05, 0.1) is 13.0 Å². The van der Waals surface area contributed by atoms with Gasteiger partial charge in [0.15, 0.2) is 0 Å². The number of carbonyl (C=O) groups is 1. The van der Waals surface area contributed by atoms with Gasteiger partial charge in [0, 0.05) is 16.0 Å². The van der Waals surface area contributed by atoms with Crippen molar-refractivity contribution >= 4 is 21.9 Å². The summed E-state index contributed by atoms with van der Waals surface area (Å²) >= 11 is 3.59. The van der Waals surface area contributed by atoms with Crippen molar-refractivity contribution in [3.05, 3.63) is 26.7 Å². The Hall–Kier alpha value is -1.03. The first-order chi connectivity index (χ1) is 8.40. The van der Waals surface area contributed by atoms with Crippen LogP contribution in [0.25, 0.3) is 0 Å². The van der Waals surface area contributed by atoms with E-state index in [0.717, 1.165) is 32.5 Å². The van der Waals surface area contributed by atoms with Crippen LogP contribution in [0.1, 0.15) is 34.6 Å². The maximum atomic E-state index is 11.0. The van der Waals surface area contributed by atoms with E-state index < -0.39 is 5.97 Å². The molecule has 1 aliphatic rings. The standard InChI is InChI=1S/C14H17BrO3/c1-6-7(2)13(18-4)11(8(3)12(6)15)9-5-10(9)14(16)17/h9-10H,5H2,1-4H3,(H,16,17). The minimum Gasteiger partial charge on any atom is -0.496 e. The highest BCUT2D eigenvalue weighted by Crippen LogP contribution is 2.54. The number of benzene rings is 1. The van der Waals surface area contributed by atoms with Crippen LogP contribution in [0.5, 0.6) is 5.75 Å². The predicted octanol–water partition coefficient (Wildman–Crippen LogP) is 3.57. The second-order valence-electron chi connectivity index (χ2n) is 4.92. The number of hydrogen-bond acceptors (Lipinski definition) is 2. The molecule has 98 valence electrons. The molecule has 18 heavy (non-hydrogen) atoms.